The summed E-state index contributed by atoms with van der Waals surface area (Å²) < 4.78 is 27.2. The van der Waals surface area contributed by atoms with E-state index in [-0.39, 0.29) is 11.4 Å². The maximum atomic E-state index is 13.8. The highest BCUT2D eigenvalue weighted by molar-refractivity contribution is 6.05. The van der Waals surface area contributed by atoms with Crippen LogP contribution < -0.4 is 4.90 Å². The van der Waals surface area contributed by atoms with E-state index in [1.54, 1.807) is 0 Å². The zero-order valence-electron chi connectivity index (χ0n) is 10.5. The molecule has 2 aromatic rings. The standard InChI is InChI=1S/C14H11F2N3O/c15-9-6-11(16)10-2-1-5-19(13(10)7-9)14(20)12-8-17-3-4-18-12/h3-4,6-8H,1-2,5H2. The summed E-state index contributed by atoms with van der Waals surface area (Å²) in [4.78, 5) is 21.5. The van der Waals surface area contributed by atoms with Crippen LogP contribution in [0.5, 0.6) is 0 Å². The van der Waals surface area contributed by atoms with Crippen LogP contribution in [0.2, 0.25) is 0 Å². The van der Waals surface area contributed by atoms with Crippen molar-refractivity contribution in [1.82, 2.24) is 9.97 Å². The lowest BCUT2D eigenvalue weighted by Gasteiger charge is -2.29. The minimum absolute atomic E-state index is 0.157. The van der Waals surface area contributed by atoms with Crippen molar-refractivity contribution in [3.8, 4) is 0 Å². The van der Waals surface area contributed by atoms with Crippen LogP contribution in [0.4, 0.5) is 14.5 Å². The van der Waals surface area contributed by atoms with Gasteiger partial charge in [-0.3, -0.25) is 9.78 Å². The average molecular weight is 275 g/mol. The predicted octanol–water partition coefficient (Wildman–Crippen LogP) is 2.35. The first-order chi connectivity index (χ1) is 9.66. The van der Waals surface area contributed by atoms with Gasteiger partial charge >= 0.3 is 0 Å². The van der Waals surface area contributed by atoms with Gasteiger partial charge in [-0.05, 0) is 18.9 Å². The smallest absolute Gasteiger partial charge is 0.278 e. The molecule has 1 aliphatic heterocycles. The van der Waals surface area contributed by atoms with Gasteiger partial charge in [0, 0.05) is 30.6 Å². The largest absolute Gasteiger partial charge is 0.306 e. The van der Waals surface area contributed by atoms with E-state index >= 15 is 0 Å². The Morgan fingerprint density at radius 3 is 2.85 bits per heavy atom. The fraction of sp³-hybridized carbons (Fsp3) is 0.214. The van der Waals surface area contributed by atoms with Gasteiger partial charge in [0.2, 0.25) is 0 Å². The molecular weight excluding hydrogens is 264 g/mol. The van der Waals surface area contributed by atoms with Gasteiger partial charge in [0.25, 0.3) is 5.91 Å². The van der Waals surface area contributed by atoms with E-state index in [1.165, 1.54) is 29.6 Å². The molecule has 0 aliphatic carbocycles. The molecule has 1 amide bonds. The van der Waals surface area contributed by atoms with E-state index in [1.807, 2.05) is 0 Å². The second kappa shape index (κ2) is 4.96. The molecule has 102 valence electrons. The van der Waals surface area contributed by atoms with Crippen LogP contribution in [0, 0.1) is 11.6 Å². The summed E-state index contributed by atoms with van der Waals surface area (Å²) in [7, 11) is 0. The number of halogens is 2. The third-order valence-electron chi connectivity index (χ3n) is 3.26. The van der Waals surface area contributed by atoms with Crippen LogP contribution in [0.3, 0.4) is 0 Å². The molecule has 0 N–H and O–H groups in total. The average Bonchev–Trinajstić information content (AvgIpc) is 2.47. The van der Waals surface area contributed by atoms with Crippen LogP contribution in [0.25, 0.3) is 0 Å². The highest BCUT2D eigenvalue weighted by Gasteiger charge is 2.27. The maximum Gasteiger partial charge on any atom is 0.278 e. The third kappa shape index (κ3) is 2.13. The van der Waals surface area contributed by atoms with Gasteiger partial charge in [-0.25, -0.2) is 13.8 Å². The molecule has 0 fully saturated rings. The van der Waals surface area contributed by atoms with E-state index < -0.39 is 17.5 Å². The second-order valence-corrected chi connectivity index (χ2v) is 4.54. The maximum absolute atomic E-state index is 13.8. The number of benzene rings is 1. The second-order valence-electron chi connectivity index (χ2n) is 4.54. The van der Waals surface area contributed by atoms with Gasteiger partial charge in [0.1, 0.15) is 17.3 Å². The lowest BCUT2D eigenvalue weighted by molar-refractivity contribution is 0.0980. The number of carbonyl (C=O) groups excluding carboxylic acids is 1. The van der Waals surface area contributed by atoms with Crippen LogP contribution in [-0.2, 0) is 6.42 Å². The number of hydrogen-bond donors (Lipinski definition) is 0. The molecular formula is C14H11F2N3O. The number of fused-ring (bicyclic) bond motifs is 1. The first kappa shape index (κ1) is 12.7. The molecule has 2 heterocycles. The molecule has 0 saturated heterocycles. The number of hydrogen-bond acceptors (Lipinski definition) is 3. The molecule has 0 atom stereocenters. The number of amides is 1. The van der Waals surface area contributed by atoms with Gasteiger partial charge in [-0.15, -0.1) is 0 Å². The molecule has 1 aromatic carbocycles. The van der Waals surface area contributed by atoms with Crippen molar-refractivity contribution in [3.63, 3.8) is 0 Å². The Kier molecular flexibility index (Phi) is 3.14. The van der Waals surface area contributed by atoms with Crippen molar-refractivity contribution in [3.05, 3.63) is 53.6 Å². The SMILES string of the molecule is O=C(c1cnccn1)N1CCCc2c(F)cc(F)cc21. The van der Waals surface area contributed by atoms with Crippen LogP contribution in [0.15, 0.2) is 30.7 Å². The lowest BCUT2D eigenvalue weighted by Crippen LogP contribution is -2.36. The van der Waals surface area contributed by atoms with Gasteiger partial charge in [-0.2, -0.15) is 0 Å². The quantitative estimate of drug-likeness (QED) is 0.802. The van der Waals surface area contributed by atoms with Gasteiger partial charge in [0.05, 0.1) is 11.9 Å². The lowest BCUT2D eigenvalue weighted by atomic mass is 10.0. The first-order valence-electron chi connectivity index (χ1n) is 6.22. The number of nitrogens with zero attached hydrogens (tertiary/aromatic N) is 3. The van der Waals surface area contributed by atoms with Crippen molar-refractivity contribution >= 4 is 11.6 Å². The summed E-state index contributed by atoms with van der Waals surface area (Å²) >= 11 is 0. The molecule has 0 unspecified atom stereocenters. The summed E-state index contributed by atoms with van der Waals surface area (Å²) in [6.07, 6.45) is 5.32. The Bertz CT molecular complexity index is 661. The van der Waals surface area contributed by atoms with Crippen molar-refractivity contribution in [2.24, 2.45) is 0 Å². The molecule has 0 radical (unpaired) electrons. The Balaban J connectivity index is 2.04. The summed E-state index contributed by atoms with van der Waals surface area (Å²) in [5.74, 6) is -1.71. The minimum atomic E-state index is -0.694. The van der Waals surface area contributed by atoms with E-state index in [4.69, 9.17) is 0 Å². The van der Waals surface area contributed by atoms with Gasteiger partial charge in [-0.1, -0.05) is 0 Å². The molecule has 0 spiro atoms. The molecule has 0 bridgehead atoms. The van der Waals surface area contributed by atoms with Crippen LogP contribution in [0.1, 0.15) is 22.5 Å². The van der Waals surface area contributed by atoms with Crippen molar-refractivity contribution in [2.45, 2.75) is 12.8 Å². The highest BCUT2D eigenvalue weighted by Crippen LogP contribution is 2.31. The van der Waals surface area contributed by atoms with Gasteiger partial charge < -0.3 is 4.90 Å². The molecule has 4 nitrogen and oxygen atoms in total. The fourth-order valence-corrected chi connectivity index (χ4v) is 2.37. The third-order valence-corrected chi connectivity index (χ3v) is 3.26. The summed E-state index contributed by atoms with van der Waals surface area (Å²) in [5.41, 5.74) is 0.810. The molecule has 3 rings (SSSR count). The van der Waals surface area contributed by atoms with Crippen LogP contribution in [-0.4, -0.2) is 22.4 Å². The van der Waals surface area contributed by atoms with Crippen molar-refractivity contribution in [1.29, 1.82) is 0 Å². The van der Waals surface area contributed by atoms with E-state index in [0.29, 0.717) is 24.9 Å². The van der Waals surface area contributed by atoms with E-state index in [2.05, 4.69) is 9.97 Å². The molecule has 1 aliphatic rings. The highest BCUT2D eigenvalue weighted by atomic mass is 19.1. The summed E-state index contributed by atoms with van der Waals surface area (Å²) in [5, 5.41) is 0. The molecule has 20 heavy (non-hydrogen) atoms. The fourth-order valence-electron chi connectivity index (χ4n) is 2.37. The minimum Gasteiger partial charge on any atom is -0.306 e. The predicted molar refractivity (Wildman–Crippen MR) is 68.4 cm³/mol. The molecule has 0 saturated carbocycles. The number of aromatic nitrogens is 2. The zero-order chi connectivity index (χ0) is 14.1. The molecule has 1 aromatic heterocycles. The monoisotopic (exact) mass is 275 g/mol. The Hall–Kier alpha value is -2.37. The number of carbonyl (C=O) groups is 1. The van der Waals surface area contributed by atoms with E-state index in [0.717, 1.165) is 6.07 Å². The summed E-state index contributed by atoms with van der Waals surface area (Å²) in [6, 6.07) is 2.03. The molecule has 6 heteroatoms. The Morgan fingerprint density at radius 2 is 2.10 bits per heavy atom. The van der Waals surface area contributed by atoms with Crippen molar-refractivity contribution < 1.29 is 13.6 Å². The Labute approximate surface area is 114 Å². The van der Waals surface area contributed by atoms with Crippen molar-refractivity contribution in [2.75, 3.05) is 11.4 Å². The topological polar surface area (TPSA) is 46.1 Å². The van der Waals surface area contributed by atoms with E-state index in [9.17, 15) is 13.6 Å². The van der Waals surface area contributed by atoms with Gasteiger partial charge in [0.15, 0.2) is 0 Å². The summed E-state index contributed by atoms with van der Waals surface area (Å²) in [6.45, 7) is 0.408. The number of rotatable bonds is 1. The number of anilines is 1. The zero-order valence-corrected chi connectivity index (χ0v) is 10.5. The Morgan fingerprint density at radius 1 is 1.25 bits per heavy atom. The first-order valence-corrected chi connectivity index (χ1v) is 6.22. The normalized spacial score (nSPS) is 14.0. The van der Waals surface area contributed by atoms with Crippen LogP contribution >= 0.6 is 0 Å².